The van der Waals surface area contributed by atoms with Gasteiger partial charge in [-0.05, 0) is 41.2 Å². The van der Waals surface area contributed by atoms with Crippen LogP contribution in [0.5, 0.6) is 0 Å². The molecule has 8 nitrogen and oxygen atoms in total. The van der Waals surface area contributed by atoms with E-state index in [2.05, 4.69) is 4.99 Å². The summed E-state index contributed by atoms with van der Waals surface area (Å²) >= 11 is 0. The molecule has 1 heterocycles. The molecule has 0 spiro atoms. The van der Waals surface area contributed by atoms with Crippen LogP contribution in [0.4, 0.5) is 5.69 Å². The fourth-order valence-corrected chi connectivity index (χ4v) is 4.00. The minimum absolute atomic E-state index is 0.0190. The van der Waals surface area contributed by atoms with Gasteiger partial charge in [-0.1, -0.05) is 57.2 Å². The third-order valence-electron chi connectivity index (χ3n) is 5.86. The van der Waals surface area contributed by atoms with Gasteiger partial charge in [-0.15, -0.1) is 0 Å². The third kappa shape index (κ3) is 7.85. The fraction of sp³-hybridized carbons (Fsp3) is 0.379. The Morgan fingerprint density at radius 3 is 2.43 bits per heavy atom. The molecule has 1 amide bonds. The van der Waals surface area contributed by atoms with Crippen molar-refractivity contribution >= 4 is 35.3 Å². The lowest BCUT2D eigenvalue weighted by atomic mass is 9.99. The van der Waals surface area contributed by atoms with Crippen molar-refractivity contribution in [1.29, 1.82) is 0 Å². The number of hydrogen-bond acceptors (Lipinski definition) is 7. The number of carbonyl (C=O) groups is 3. The van der Waals surface area contributed by atoms with E-state index in [9.17, 15) is 14.4 Å². The van der Waals surface area contributed by atoms with Gasteiger partial charge in [0.05, 0.1) is 31.8 Å². The maximum Gasteiger partial charge on any atom is 0.310 e. The highest BCUT2D eigenvalue weighted by molar-refractivity contribution is 6.06. The molecule has 0 bridgehead atoms. The Balaban J connectivity index is 1.81. The van der Waals surface area contributed by atoms with Crippen LogP contribution in [-0.4, -0.2) is 54.6 Å². The number of ketones is 1. The number of amidine groups is 1. The van der Waals surface area contributed by atoms with Crippen molar-refractivity contribution in [2.75, 3.05) is 26.2 Å². The average Bonchev–Trinajstić information content (AvgIpc) is 3.04. The molecule has 0 aromatic heterocycles. The average molecular weight is 505 g/mol. The van der Waals surface area contributed by atoms with Gasteiger partial charge in [0.15, 0.2) is 5.78 Å². The lowest BCUT2D eigenvalue weighted by Gasteiger charge is -2.22. The zero-order valence-corrected chi connectivity index (χ0v) is 21.8. The summed E-state index contributed by atoms with van der Waals surface area (Å²) in [6.45, 7) is 6.70. The Bertz CT molecular complexity index is 1200. The predicted octanol–water partition coefficient (Wildman–Crippen LogP) is 3.64. The van der Waals surface area contributed by atoms with Gasteiger partial charge in [-0.25, -0.2) is 4.99 Å². The van der Waals surface area contributed by atoms with Crippen molar-refractivity contribution in [3.05, 3.63) is 59.2 Å². The second kappa shape index (κ2) is 13.0. The first kappa shape index (κ1) is 27.8. The molecule has 196 valence electrons. The molecule has 3 rings (SSSR count). The van der Waals surface area contributed by atoms with Gasteiger partial charge in [0.2, 0.25) is 0 Å². The molecule has 2 aromatic rings. The molecule has 1 aliphatic rings. The van der Waals surface area contributed by atoms with Crippen molar-refractivity contribution in [3.8, 4) is 11.1 Å². The summed E-state index contributed by atoms with van der Waals surface area (Å²) in [5.74, 6) is -0.0380. The molecular weight excluding hydrogens is 468 g/mol. The number of ether oxygens (including phenoxy) is 1. The summed E-state index contributed by atoms with van der Waals surface area (Å²) in [5, 5.41) is 0. The quantitative estimate of drug-likeness (QED) is 0.450. The Labute approximate surface area is 218 Å². The minimum atomic E-state index is -0.238. The highest BCUT2D eigenvalue weighted by Gasteiger charge is 2.23. The van der Waals surface area contributed by atoms with Crippen molar-refractivity contribution in [3.63, 3.8) is 0 Å². The first-order chi connectivity index (χ1) is 17.7. The standard InChI is InChI=1S/C29H36N4O4/c1-4-11-33(17-25(34)16-30)29(36)24-13-23-10-9-22(14-26(23)32-27(31)15-24)21-7-5-20(6-8-21)12-28(35)37-18-19(2)3/h5-10,13-14,19H,4,11-12,15-18,30H2,1-3H3,(H2,31,32). The molecule has 1 aliphatic heterocycles. The molecule has 0 atom stereocenters. The highest BCUT2D eigenvalue weighted by Crippen LogP contribution is 2.32. The van der Waals surface area contributed by atoms with Gasteiger partial charge in [-0.3, -0.25) is 14.4 Å². The number of amides is 1. The van der Waals surface area contributed by atoms with Crippen LogP contribution in [0.25, 0.3) is 17.2 Å². The Morgan fingerprint density at radius 2 is 1.78 bits per heavy atom. The molecule has 4 N–H and O–H groups in total. The molecule has 8 heteroatoms. The molecule has 0 aliphatic carbocycles. The van der Waals surface area contributed by atoms with Gasteiger partial charge < -0.3 is 21.1 Å². The van der Waals surface area contributed by atoms with Crippen molar-refractivity contribution in [2.24, 2.45) is 22.4 Å². The van der Waals surface area contributed by atoms with Crippen LogP contribution in [0.3, 0.4) is 0 Å². The SMILES string of the molecule is CCCN(CC(=O)CN)C(=O)C1=Cc2ccc(-c3ccc(CC(=O)OCC(C)C)cc3)cc2N=C(N)C1. The summed E-state index contributed by atoms with van der Waals surface area (Å²) in [6, 6.07) is 13.5. The third-order valence-corrected chi connectivity index (χ3v) is 5.86. The number of Topliss-reactive ketones (excluding diaryl/α,β-unsaturated/α-hetero) is 1. The number of carbonyl (C=O) groups excluding carboxylic acids is 3. The summed E-state index contributed by atoms with van der Waals surface area (Å²) in [7, 11) is 0. The van der Waals surface area contributed by atoms with E-state index in [4.69, 9.17) is 16.2 Å². The van der Waals surface area contributed by atoms with Gasteiger partial charge >= 0.3 is 5.97 Å². The number of esters is 1. The maximum atomic E-state index is 13.2. The number of nitrogens with zero attached hydrogens (tertiary/aromatic N) is 2. The first-order valence-electron chi connectivity index (χ1n) is 12.6. The second-order valence-electron chi connectivity index (χ2n) is 9.64. The number of nitrogens with two attached hydrogens (primary N) is 2. The van der Waals surface area contributed by atoms with Crippen molar-refractivity contribution < 1.29 is 19.1 Å². The van der Waals surface area contributed by atoms with E-state index in [1.165, 1.54) is 4.90 Å². The van der Waals surface area contributed by atoms with Crippen LogP contribution in [0.15, 0.2) is 53.0 Å². The smallest absolute Gasteiger partial charge is 0.310 e. The molecule has 0 fully saturated rings. The predicted molar refractivity (Wildman–Crippen MR) is 146 cm³/mol. The molecule has 0 saturated carbocycles. The summed E-state index contributed by atoms with van der Waals surface area (Å²) < 4.78 is 5.26. The Hall–Kier alpha value is -3.78. The van der Waals surface area contributed by atoms with E-state index in [0.29, 0.717) is 36.2 Å². The van der Waals surface area contributed by atoms with E-state index in [1.54, 1.807) is 6.08 Å². The van der Waals surface area contributed by atoms with E-state index in [1.807, 2.05) is 63.2 Å². The van der Waals surface area contributed by atoms with E-state index in [-0.39, 0.29) is 43.6 Å². The minimum Gasteiger partial charge on any atom is -0.465 e. The molecular formula is C29H36N4O4. The number of benzene rings is 2. The summed E-state index contributed by atoms with van der Waals surface area (Å²) in [4.78, 5) is 43.2. The lowest BCUT2D eigenvalue weighted by Crippen LogP contribution is -2.39. The molecule has 0 radical (unpaired) electrons. The number of hydrogen-bond donors (Lipinski definition) is 2. The lowest BCUT2D eigenvalue weighted by molar-refractivity contribution is -0.143. The number of rotatable bonds is 11. The van der Waals surface area contributed by atoms with Gasteiger partial charge in [0, 0.05) is 24.1 Å². The van der Waals surface area contributed by atoms with Crippen LogP contribution < -0.4 is 11.5 Å². The maximum absolute atomic E-state index is 13.2. The largest absolute Gasteiger partial charge is 0.465 e. The topological polar surface area (TPSA) is 128 Å². The second-order valence-corrected chi connectivity index (χ2v) is 9.64. The molecule has 37 heavy (non-hydrogen) atoms. The molecule has 0 unspecified atom stereocenters. The van der Waals surface area contributed by atoms with E-state index < -0.39 is 0 Å². The number of fused-ring (bicyclic) bond motifs is 1. The first-order valence-corrected chi connectivity index (χ1v) is 12.6. The zero-order valence-electron chi connectivity index (χ0n) is 21.8. The van der Waals surface area contributed by atoms with Crippen molar-refractivity contribution in [2.45, 2.75) is 40.0 Å². The normalized spacial score (nSPS) is 12.8. The molecule has 2 aromatic carbocycles. The zero-order chi connectivity index (χ0) is 26.9. The van der Waals surface area contributed by atoms with Crippen LogP contribution >= 0.6 is 0 Å². The van der Waals surface area contributed by atoms with Crippen LogP contribution in [0.2, 0.25) is 0 Å². The summed E-state index contributed by atoms with van der Waals surface area (Å²) in [6.07, 6.45) is 2.94. The van der Waals surface area contributed by atoms with Crippen LogP contribution in [0.1, 0.15) is 44.7 Å². The summed E-state index contributed by atoms with van der Waals surface area (Å²) in [5.41, 5.74) is 16.4. The Morgan fingerprint density at radius 1 is 1.08 bits per heavy atom. The van der Waals surface area contributed by atoms with Gasteiger partial charge in [0.25, 0.3) is 5.91 Å². The van der Waals surface area contributed by atoms with E-state index >= 15 is 0 Å². The van der Waals surface area contributed by atoms with Crippen molar-refractivity contribution in [1.82, 2.24) is 4.90 Å². The Kier molecular flexibility index (Phi) is 9.74. The monoisotopic (exact) mass is 504 g/mol. The number of aliphatic imine (C=N–C) groups is 1. The van der Waals surface area contributed by atoms with Gasteiger partial charge in [-0.2, -0.15) is 0 Å². The molecule has 0 saturated heterocycles. The van der Waals surface area contributed by atoms with Gasteiger partial charge in [0.1, 0.15) is 5.84 Å². The fourth-order valence-electron chi connectivity index (χ4n) is 4.00. The van der Waals surface area contributed by atoms with Crippen LogP contribution in [0, 0.1) is 5.92 Å². The highest BCUT2D eigenvalue weighted by atomic mass is 16.5. The van der Waals surface area contributed by atoms with Crippen LogP contribution in [-0.2, 0) is 25.5 Å². The van der Waals surface area contributed by atoms with E-state index in [0.717, 1.165) is 28.7 Å².